The molecule has 1 aromatic heterocycles. The Balaban J connectivity index is 2.32. The van der Waals surface area contributed by atoms with Crippen molar-refractivity contribution in [3.8, 4) is 5.75 Å². The van der Waals surface area contributed by atoms with Crippen LogP contribution in [-0.4, -0.2) is 16.2 Å². The summed E-state index contributed by atoms with van der Waals surface area (Å²) in [5.41, 5.74) is 0.474. The predicted octanol–water partition coefficient (Wildman–Crippen LogP) is 2.81. The van der Waals surface area contributed by atoms with Crippen molar-refractivity contribution in [1.82, 2.24) is 0 Å². The average Bonchev–Trinajstić information content (AvgIpc) is 2.84. The Bertz CT molecular complexity index is 665. The van der Waals surface area contributed by atoms with E-state index in [0.717, 1.165) is 0 Å². The highest BCUT2D eigenvalue weighted by Gasteiger charge is 2.16. The molecule has 0 aliphatic carbocycles. The van der Waals surface area contributed by atoms with Gasteiger partial charge in [-0.15, -0.1) is 0 Å². The van der Waals surface area contributed by atoms with E-state index in [1.807, 2.05) is 0 Å². The number of ether oxygens (including phenoxy) is 1. The fraction of sp³-hybridized carbons (Fsp3) is 0.231. The molecule has 0 radical (unpaired) electrons. The number of rotatable bonds is 5. The Morgan fingerprint density at radius 1 is 1.40 bits per heavy atom. The van der Waals surface area contributed by atoms with Crippen LogP contribution >= 0.6 is 0 Å². The molecular weight excluding hydrogens is 282 g/mol. The van der Waals surface area contributed by atoms with Gasteiger partial charge in [0.2, 0.25) is 0 Å². The smallest absolute Gasteiger partial charge is 0.270 e. The van der Waals surface area contributed by atoms with Gasteiger partial charge in [-0.05, 0) is 19.1 Å². The molecule has 0 spiro atoms. The molecule has 0 bridgehead atoms. The van der Waals surface area contributed by atoms with Crippen molar-refractivity contribution in [2.24, 2.45) is 0 Å². The lowest BCUT2D eigenvalue weighted by atomic mass is 10.2. The number of nitro groups is 1. The van der Waals surface area contributed by atoms with Crippen molar-refractivity contribution in [2.45, 2.75) is 17.6 Å². The molecule has 2 aromatic rings. The van der Waals surface area contributed by atoms with E-state index in [2.05, 4.69) is 0 Å². The van der Waals surface area contributed by atoms with Gasteiger partial charge in [-0.2, -0.15) is 0 Å². The van der Waals surface area contributed by atoms with Crippen molar-refractivity contribution < 1.29 is 18.3 Å². The average molecular weight is 295 g/mol. The number of aryl methyl sites for hydroxylation is 1. The predicted molar refractivity (Wildman–Crippen MR) is 73.2 cm³/mol. The van der Waals surface area contributed by atoms with Crippen LogP contribution in [0.2, 0.25) is 0 Å². The van der Waals surface area contributed by atoms with Gasteiger partial charge in [-0.25, -0.2) is 0 Å². The fourth-order valence-corrected chi connectivity index (χ4v) is 3.06. The number of hydrogen-bond donors (Lipinski definition) is 0. The maximum atomic E-state index is 12.3. The van der Waals surface area contributed by atoms with E-state index in [4.69, 9.17) is 9.15 Å². The second kappa shape index (κ2) is 5.87. The summed E-state index contributed by atoms with van der Waals surface area (Å²) in [6.45, 7) is 1.72. The summed E-state index contributed by atoms with van der Waals surface area (Å²) in [7, 11) is 0.124. The van der Waals surface area contributed by atoms with Crippen LogP contribution in [0.4, 0.5) is 5.69 Å². The topological polar surface area (TPSA) is 82.6 Å². The summed E-state index contributed by atoms with van der Waals surface area (Å²) < 4.78 is 22.5. The number of hydrogen-bond acceptors (Lipinski definition) is 5. The molecule has 20 heavy (non-hydrogen) atoms. The number of benzene rings is 1. The number of nitro benzene ring substituents is 1. The minimum atomic E-state index is -1.34. The van der Waals surface area contributed by atoms with Crippen LogP contribution in [-0.2, 0) is 16.6 Å². The maximum absolute atomic E-state index is 12.3. The zero-order chi connectivity index (χ0) is 14.7. The third-order valence-electron chi connectivity index (χ3n) is 2.82. The summed E-state index contributed by atoms with van der Waals surface area (Å²) in [6, 6.07) is 5.88. The van der Waals surface area contributed by atoms with E-state index in [9.17, 15) is 14.3 Å². The molecule has 0 N–H and O–H groups in total. The Morgan fingerprint density at radius 2 is 2.15 bits per heavy atom. The van der Waals surface area contributed by atoms with E-state index in [0.29, 0.717) is 22.0 Å². The van der Waals surface area contributed by atoms with Gasteiger partial charge in [0, 0.05) is 17.7 Å². The Labute approximate surface area is 118 Å². The summed E-state index contributed by atoms with van der Waals surface area (Å²) in [5.74, 6) is 1.18. The summed E-state index contributed by atoms with van der Waals surface area (Å²) in [4.78, 5) is 10.9. The summed E-state index contributed by atoms with van der Waals surface area (Å²) >= 11 is 0. The van der Waals surface area contributed by atoms with Gasteiger partial charge in [0.25, 0.3) is 5.69 Å². The molecule has 1 heterocycles. The molecule has 0 fully saturated rings. The highest BCUT2D eigenvalue weighted by molar-refractivity contribution is 7.84. The van der Waals surface area contributed by atoms with E-state index < -0.39 is 15.7 Å². The van der Waals surface area contributed by atoms with Crippen LogP contribution in [0, 0.1) is 17.0 Å². The summed E-state index contributed by atoms with van der Waals surface area (Å²) in [6.07, 6.45) is 1.47. The zero-order valence-corrected chi connectivity index (χ0v) is 11.8. The Hall–Kier alpha value is -2.15. The first kappa shape index (κ1) is 14.3. The quantitative estimate of drug-likeness (QED) is 0.625. The number of methoxy groups -OCH3 is 1. The van der Waals surface area contributed by atoms with Crippen LogP contribution in [0.3, 0.4) is 0 Å². The summed E-state index contributed by atoms with van der Waals surface area (Å²) in [5, 5.41) is 10.8. The minimum Gasteiger partial charge on any atom is -0.496 e. The molecule has 1 atom stereocenters. The van der Waals surface area contributed by atoms with Crippen LogP contribution in [0.1, 0.15) is 11.3 Å². The molecule has 6 nitrogen and oxygen atoms in total. The van der Waals surface area contributed by atoms with Gasteiger partial charge in [-0.1, -0.05) is 0 Å². The van der Waals surface area contributed by atoms with Crippen molar-refractivity contribution >= 4 is 16.5 Å². The molecular formula is C13H13NO5S. The van der Waals surface area contributed by atoms with Crippen LogP contribution in [0.5, 0.6) is 5.75 Å². The van der Waals surface area contributed by atoms with Gasteiger partial charge in [-0.3, -0.25) is 14.3 Å². The Kier molecular flexibility index (Phi) is 4.19. The first-order valence-electron chi connectivity index (χ1n) is 5.76. The molecule has 0 saturated carbocycles. The normalized spacial score (nSPS) is 12.1. The number of non-ortho nitro benzene ring substituents is 1. The highest BCUT2D eigenvalue weighted by atomic mass is 32.2. The van der Waals surface area contributed by atoms with Gasteiger partial charge in [0.15, 0.2) is 0 Å². The van der Waals surface area contributed by atoms with Crippen LogP contribution < -0.4 is 4.74 Å². The molecule has 0 aliphatic heterocycles. The van der Waals surface area contributed by atoms with Crippen molar-refractivity contribution in [3.63, 3.8) is 0 Å². The third kappa shape index (κ3) is 2.88. The lowest BCUT2D eigenvalue weighted by Crippen LogP contribution is -2.01. The molecule has 0 aliphatic rings. The van der Waals surface area contributed by atoms with Gasteiger partial charge in [0.05, 0.1) is 39.7 Å². The second-order valence-corrected chi connectivity index (χ2v) is 5.50. The number of nitrogens with zero attached hydrogens (tertiary/aromatic N) is 1. The first-order chi connectivity index (χ1) is 9.52. The van der Waals surface area contributed by atoms with Crippen LogP contribution in [0.25, 0.3) is 0 Å². The van der Waals surface area contributed by atoms with E-state index in [1.165, 1.54) is 31.6 Å². The van der Waals surface area contributed by atoms with Gasteiger partial charge in [0.1, 0.15) is 11.5 Å². The van der Waals surface area contributed by atoms with E-state index >= 15 is 0 Å². The lowest BCUT2D eigenvalue weighted by Gasteiger charge is -2.07. The van der Waals surface area contributed by atoms with Crippen molar-refractivity contribution in [1.29, 1.82) is 0 Å². The number of furan rings is 1. The highest BCUT2D eigenvalue weighted by Crippen LogP contribution is 2.27. The molecule has 0 amide bonds. The Morgan fingerprint density at radius 3 is 2.70 bits per heavy atom. The molecule has 106 valence electrons. The standard InChI is InChI=1S/C13H13NO5S/c1-9-13(5-6-19-9)20(17)8-10-7-11(14(15)16)3-4-12(10)18-2/h3-7H,8H2,1-2H3. The fourth-order valence-electron chi connectivity index (χ4n) is 1.82. The zero-order valence-electron chi connectivity index (χ0n) is 11.0. The molecule has 0 saturated heterocycles. The van der Waals surface area contributed by atoms with Gasteiger partial charge < -0.3 is 9.15 Å². The first-order valence-corrected chi connectivity index (χ1v) is 7.08. The minimum absolute atomic E-state index is 0.0540. The monoisotopic (exact) mass is 295 g/mol. The molecule has 7 heteroatoms. The largest absolute Gasteiger partial charge is 0.496 e. The molecule has 1 unspecified atom stereocenters. The van der Waals surface area contributed by atoms with Crippen LogP contribution in [0.15, 0.2) is 39.8 Å². The van der Waals surface area contributed by atoms with Gasteiger partial charge >= 0.3 is 0 Å². The maximum Gasteiger partial charge on any atom is 0.270 e. The van der Waals surface area contributed by atoms with E-state index in [1.54, 1.807) is 13.0 Å². The third-order valence-corrected chi connectivity index (χ3v) is 4.31. The van der Waals surface area contributed by atoms with Crippen molar-refractivity contribution in [3.05, 3.63) is 52.0 Å². The lowest BCUT2D eigenvalue weighted by molar-refractivity contribution is -0.384. The van der Waals surface area contributed by atoms with E-state index in [-0.39, 0.29) is 11.4 Å². The second-order valence-electron chi connectivity index (χ2n) is 4.08. The molecule has 1 aromatic carbocycles. The SMILES string of the molecule is COc1ccc([N+](=O)[O-])cc1CS(=O)c1ccoc1C. The molecule has 2 rings (SSSR count). The van der Waals surface area contributed by atoms with Crippen molar-refractivity contribution in [2.75, 3.05) is 7.11 Å².